The largest absolute Gasteiger partial charge is 0.328 e. The Balaban J connectivity index is 0.000000538. The minimum absolute atomic E-state index is 1.05. The molecule has 2 heteroatoms. The lowest BCUT2D eigenvalue weighted by Gasteiger charge is -1.94. The highest BCUT2D eigenvalue weighted by molar-refractivity contribution is 6.06. The molecule has 0 aliphatic rings. The van der Waals surface area contributed by atoms with E-state index in [1.807, 2.05) is 53.8 Å². The van der Waals surface area contributed by atoms with Crippen molar-refractivity contribution in [1.82, 2.24) is 9.55 Å². The highest BCUT2D eigenvalue weighted by Crippen LogP contribution is 2.25. The van der Waals surface area contributed by atoms with Crippen molar-refractivity contribution in [1.29, 1.82) is 0 Å². The van der Waals surface area contributed by atoms with E-state index in [9.17, 15) is 0 Å². The van der Waals surface area contributed by atoms with Crippen LogP contribution in [0.2, 0.25) is 0 Å². The molecule has 0 N–H and O–H groups in total. The SMILES string of the molecule is CC.CC.CC.Cn1c2ccccc2c2cccnc21. The van der Waals surface area contributed by atoms with Crippen molar-refractivity contribution < 1.29 is 0 Å². The number of hydrogen-bond acceptors (Lipinski definition) is 1. The van der Waals surface area contributed by atoms with Crippen LogP contribution in [0.4, 0.5) is 0 Å². The number of fused-ring (bicyclic) bond motifs is 3. The second kappa shape index (κ2) is 10.0. The summed E-state index contributed by atoms with van der Waals surface area (Å²) in [6.07, 6.45) is 1.83. The molecule has 2 heterocycles. The predicted octanol–water partition coefficient (Wildman–Crippen LogP) is 5.81. The maximum absolute atomic E-state index is 4.38. The molecule has 0 bridgehead atoms. The molecule has 0 fully saturated rings. The van der Waals surface area contributed by atoms with Gasteiger partial charge in [-0.2, -0.15) is 0 Å². The van der Waals surface area contributed by atoms with Crippen molar-refractivity contribution in [2.24, 2.45) is 7.05 Å². The molecule has 0 amide bonds. The molecule has 110 valence electrons. The van der Waals surface area contributed by atoms with E-state index < -0.39 is 0 Å². The van der Waals surface area contributed by atoms with Gasteiger partial charge in [-0.3, -0.25) is 0 Å². The molecule has 20 heavy (non-hydrogen) atoms. The topological polar surface area (TPSA) is 17.8 Å². The molecule has 1 aromatic carbocycles. The first-order chi connectivity index (χ1) is 9.88. The van der Waals surface area contributed by atoms with E-state index in [0.717, 1.165) is 5.65 Å². The second-order valence-corrected chi connectivity index (χ2v) is 3.45. The standard InChI is InChI=1S/C12H10N2.3C2H6/c1-14-11-7-3-2-5-9(11)10-6-4-8-13-12(10)14;3*1-2/h2-8H,1H3;3*1-2H3. The zero-order valence-corrected chi connectivity index (χ0v) is 13.9. The zero-order chi connectivity index (χ0) is 15.5. The van der Waals surface area contributed by atoms with Gasteiger partial charge in [-0.05, 0) is 18.2 Å². The van der Waals surface area contributed by atoms with E-state index >= 15 is 0 Å². The number of aryl methyl sites for hydroxylation is 1. The third-order valence-electron chi connectivity index (χ3n) is 2.66. The van der Waals surface area contributed by atoms with Gasteiger partial charge in [0.2, 0.25) is 0 Å². The van der Waals surface area contributed by atoms with E-state index in [1.165, 1.54) is 16.3 Å². The number of benzene rings is 1. The highest BCUT2D eigenvalue weighted by Gasteiger charge is 2.06. The number of para-hydroxylation sites is 1. The van der Waals surface area contributed by atoms with Crippen LogP contribution in [-0.4, -0.2) is 9.55 Å². The molecule has 3 aromatic rings. The van der Waals surface area contributed by atoms with Crippen LogP contribution in [0.25, 0.3) is 21.9 Å². The average molecular weight is 272 g/mol. The first-order valence-corrected chi connectivity index (χ1v) is 7.66. The molecule has 0 unspecified atom stereocenters. The Labute approximate surface area is 123 Å². The summed E-state index contributed by atoms with van der Waals surface area (Å²) in [4.78, 5) is 4.38. The normalized spacial score (nSPS) is 8.75. The number of nitrogens with zero attached hydrogens (tertiary/aromatic N) is 2. The summed E-state index contributed by atoms with van der Waals surface area (Å²) in [6, 6.07) is 12.5. The van der Waals surface area contributed by atoms with Crippen LogP contribution in [0.15, 0.2) is 42.6 Å². The molecule has 0 radical (unpaired) electrons. The van der Waals surface area contributed by atoms with E-state index in [4.69, 9.17) is 0 Å². The van der Waals surface area contributed by atoms with Gasteiger partial charge in [-0.15, -0.1) is 0 Å². The lowest BCUT2D eigenvalue weighted by Crippen LogP contribution is -1.87. The smallest absolute Gasteiger partial charge is 0.140 e. The molecule has 0 saturated heterocycles. The maximum atomic E-state index is 4.38. The summed E-state index contributed by atoms with van der Waals surface area (Å²) in [6.45, 7) is 12.0. The van der Waals surface area contributed by atoms with Crippen LogP contribution < -0.4 is 0 Å². The van der Waals surface area contributed by atoms with Crippen LogP contribution in [0.5, 0.6) is 0 Å². The summed E-state index contributed by atoms with van der Waals surface area (Å²) in [5, 5.41) is 2.50. The quantitative estimate of drug-likeness (QED) is 0.505. The van der Waals surface area contributed by atoms with Gasteiger partial charge in [0.05, 0.1) is 5.52 Å². The monoisotopic (exact) mass is 272 g/mol. The Hall–Kier alpha value is -1.83. The number of aromatic nitrogens is 2. The summed E-state index contributed by atoms with van der Waals surface area (Å²) in [7, 11) is 2.05. The average Bonchev–Trinajstić information content (AvgIpc) is 2.87. The molecule has 0 aliphatic heterocycles. The van der Waals surface area contributed by atoms with Crippen LogP contribution >= 0.6 is 0 Å². The van der Waals surface area contributed by atoms with Crippen molar-refractivity contribution in [3.8, 4) is 0 Å². The Morgan fingerprint density at radius 1 is 0.750 bits per heavy atom. The maximum Gasteiger partial charge on any atom is 0.140 e. The Morgan fingerprint density at radius 2 is 1.30 bits per heavy atom. The van der Waals surface area contributed by atoms with E-state index in [2.05, 4.69) is 46.9 Å². The van der Waals surface area contributed by atoms with Gasteiger partial charge in [-0.1, -0.05) is 59.7 Å². The lowest BCUT2D eigenvalue weighted by atomic mass is 10.2. The van der Waals surface area contributed by atoms with Crippen molar-refractivity contribution in [3.63, 3.8) is 0 Å². The fourth-order valence-electron chi connectivity index (χ4n) is 1.98. The number of pyridine rings is 1. The van der Waals surface area contributed by atoms with Gasteiger partial charge < -0.3 is 4.57 Å². The molecule has 0 atom stereocenters. The number of rotatable bonds is 0. The molecule has 2 aromatic heterocycles. The molecular weight excluding hydrogens is 244 g/mol. The van der Waals surface area contributed by atoms with Crippen molar-refractivity contribution in [3.05, 3.63) is 42.6 Å². The fraction of sp³-hybridized carbons (Fsp3) is 0.389. The summed E-state index contributed by atoms with van der Waals surface area (Å²) >= 11 is 0. The Kier molecular flexibility index (Phi) is 9.10. The van der Waals surface area contributed by atoms with Gasteiger partial charge >= 0.3 is 0 Å². The van der Waals surface area contributed by atoms with Gasteiger partial charge in [0.25, 0.3) is 0 Å². The Bertz CT molecular complexity index is 556. The van der Waals surface area contributed by atoms with Crippen LogP contribution in [0.3, 0.4) is 0 Å². The minimum Gasteiger partial charge on any atom is -0.328 e. The molecule has 0 aliphatic carbocycles. The molecular formula is C18H28N2. The third kappa shape index (κ3) is 3.60. The van der Waals surface area contributed by atoms with Gasteiger partial charge in [0, 0.05) is 24.0 Å². The summed E-state index contributed by atoms with van der Waals surface area (Å²) in [5.74, 6) is 0. The van der Waals surface area contributed by atoms with Gasteiger partial charge in [0.15, 0.2) is 0 Å². The van der Waals surface area contributed by atoms with E-state index in [0.29, 0.717) is 0 Å². The Morgan fingerprint density at radius 3 is 1.95 bits per heavy atom. The fourth-order valence-corrected chi connectivity index (χ4v) is 1.98. The van der Waals surface area contributed by atoms with Crippen molar-refractivity contribution in [2.75, 3.05) is 0 Å². The van der Waals surface area contributed by atoms with Crippen LogP contribution in [0.1, 0.15) is 41.5 Å². The van der Waals surface area contributed by atoms with Crippen LogP contribution in [0, 0.1) is 0 Å². The molecule has 2 nitrogen and oxygen atoms in total. The summed E-state index contributed by atoms with van der Waals surface area (Å²) in [5.41, 5.74) is 2.29. The van der Waals surface area contributed by atoms with Crippen molar-refractivity contribution in [2.45, 2.75) is 41.5 Å². The molecule has 0 spiro atoms. The van der Waals surface area contributed by atoms with Crippen molar-refractivity contribution >= 4 is 21.9 Å². The first kappa shape index (κ1) is 18.2. The minimum atomic E-state index is 1.05. The van der Waals surface area contributed by atoms with Crippen LogP contribution in [-0.2, 0) is 7.05 Å². The third-order valence-corrected chi connectivity index (χ3v) is 2.66. The summed E-state index contributed by atoms with van der Waals surface area (Å²) < 4.78 is 2.13. The van der Waals surface area contributed by atoms with E-state index in [1.54, 1.807) is 0 Å². The predicted molar refractivity (Wildman–Crippen MR) is 92.3 cm³/mol. The highest BCUT2D eigenvalue weighted by atomic mass is 15.0. The molecule has 3 rings (SSSR count). The van der Waals surface area contributed by atoms with Gasteiger partial charge in [0.1, 0.15) is 5.65 Å². The number of hydrogen-bond donors (Lipinski definition) is 0. The lowest BCUT2D eigenvalue weighted by molar-refractivity contribution is 0.990. The molecule has 0 saturated carbocycles. The van der Waals surface area contributed by atoms with Gasteiger partial charge in [-0.25, -0.2) is 4.98 Å². The van der Waals surface area contributed by atoms with E-state index in [-0.39, 0.29) is 0 Å². The second-order valence-electron chi connectivity index (χ2n) is 3.45. The first-order valence-electron chi connectivity index (χ1n) is 7.66. The zero-order valence-electron chi connectivity index (χ0n) is 13.9.